The molecule has 0 amide bonds. The molecule has 0 heterocycles. The minimum Gasteiger partial charge on any atom is -0.388 e. The Hall–Kier alpha value is -1.51. The monoisotopic (exact) mass is 245 g/mol. The summed E-state index contributed by atoms with van der Waals surface area (Å²) in [4.78, 5) is 2.42. The third-order valence-corrected chi connectivity index (χ3v) is 3.89. The third kappa shape index (κ3) is 2.84. The highest BCUT2D eigenvalue weighted by Crippen LogP contribution is 2.49. The molecule has 3 N–H and O–H groups in total. The maximum atomic E-state index is 7.50. The second-order valence-corrected chi connectivity index (χ2v) is 5.50. The van der Waals surface area contributed by atoms with Crippen LogP contribution >= 0.6 is 0 Å². The van der Waals surface area contributed by atoms with Gasteiger partial charge >= 0.3 is 0 Å². The van der Waals surface area contributed by atoms with Gasteiger partial charge in [-0.3, -0.25) is 5.41 Å². The molecule has 0 atom stereocenters. The molecule has 0 spiro atoms. The fourth-order valence-corrected chi connectivity index (χ4v) is 2.66. The molecule has 0 saturated heterocycles. The van der Waals surface area contributed by atoms with E-state index in [1.54, 1.807) is 0 Å². The lowest BCUT2D eigenvalue weighted by Gasteiger charge is -2.29. The summed E-state index contributed by atoms with van der Waals surface area (Å²) in [6, 6.07) is 8.51. The molecule has 0 radical (unpaired) electrons. The standard InChI is InChI=1S/C15H23N3/c1-3-18(13-7-5-4-6-12(13)2)11-15(8-9-15)10-14(16)17/h4-7H,3,8-11H2,1-2H3,(H3,16,17). The lowest BCUT2D eigenvalue weighted by Crippen LogP contribution is -2.33. The van der Waals surface area contributed by atoms with Crippen molar-refractivity contribution in [3.05, 3.63) is 29.8 Å². The van der Waals surface area contributed by atoms with Gasteiger partial charge in [0.2, 0.25) is 0 Å². The van der Waals surface area contributed by atoms with Gasteiger partial charge < -0.3 is 10.6 Å². The lowest BCUT2D eigenvalue weighted by atomic mass is 10.00. The van der Waals surface area contributed by atoms with Gasteiger partial charge in [-0.15, -0.1) is 0 Å². The number of nitrogens with zero attached hydrogens (tertiary/aromatic N) is 1. The summed E-state index contributed by atoms with van der Waals surface area (Å²) < 4.78 is 0. The van der Waals surface area contributed by atoms with E-state index in [-0.39, 0.29) is 5.41 Å². The number of benzene rings is 1. The van der Waals surface area contributed by atoms with Crippen molar-refractivity contribution in [2.24, 2.45) is 11.1 Å². The minimum atomic E-state index is 0.268. The number of aryl methyl sites for hydroxylation is 1. The predicted molar refractivity (Wildman–Crippen MR) is 77.3 cm³/mol. The zero-order chi connectivity index (χ0) is 13.2. The van der Waals surface area contributed by atoms with Crippen LogP contribution < -0.4 is 10.6 Å². The first kappa shape index (κ1) is 12.9. The average molecular weight is 245 g/mol. The molecule has 1 saturated carbocycles. The Labute approximate surface area is 109 Å². The van der Waals surface area contributed by atoms with Crippen LogP contribution in [0.3, 0.4) is 0 Å². The lowest BCUT2D eigenvalue weighted by molar-refractivity contribution is 0.518. The summed E-state index contributed by atoms with van der Waals surface area (Å²) in [7, 11) is 0. The molecule has 1 aromatic rings. The van der Waals surface area contributed by atoms with E-state index >= 15 is 0 Å². The molecule has 98 valence electrons. The van der Waals surface area contributed by atoms with E-state index in [1.807, 2.05) is 0 Å². The molecule has 0 bridgehead atoms. The van der Waals surface area contributed by atoms with Crippen molar-refractivity contribution in [2.75, 3.05) is 18.0 Å². The Morgan fingerprint density at radius 3 is 2.56 bits per heavy atom. The van der Waals surface area contributed by atoms with E-state index in [4.69, 9.17) is 11.1 Å². The number of amidine groups is 1. The van der Waals surface area contributed by atoms with Crippen LogP contribution in [0.15, 0.2) is 24.3 Å². The number of hydrogen-bond donors (Lipinski definition) is 2. The largest absolute Gasteiger partial charge is 0.388 e. The van der Waals surface area contributed by atoms with Crippen LogP contribution in [0.4, 0.5) is 5.69 Å². The Morgan fingerprint density at radius 1 is 1.39 bits per heavy atom. The normalized spacial score (nSPS) is 16.3. The number of nitrogens with one attached hydrogen (secondary N) is 1. The molecule has 2 rings (SSSR count). The Morgan fingerprint density at radius 2 is 2.06 bits per heavy atom. The molecular weight excluding hydrogens is 222 g/mol. The summed E-state index contributed by atoms with van der Waals surface area (Å²) in [6.07, 6.45) is 3.15. The SMILES string of the molecule is CCN(CC1(CC(=N)N)CC1)c1ccccc1C. The minimum absolute atomic E-state index is 0.268. The fraction of sp³-hybridized carbons (Fsp3) is 0.533. The van der Waals surface area contributed by atoms with E-state index in [9.17, 15) is 0 Å². The quantitative estimate of drug-likeness (QED) is 0.598. The number of rotatable bonds is 6. The van der Waals surface area contributed by atoms with Gasteiger partial charge in [0.15, 0.2) is 0 Å². The molecule has 1 fully saturated rings. The van der Waals surface area contributed by atoms with Crippen LogP contribution in [0.2, 0.25) is 0 Å². The summed E-state index contributed by atoms with van der Waals surface area (Å²) in [5.74, 6) is 0.327. The topological polar surface area (TPSA) is 53.1 Å². The first-order valence-corrected chi connectivity index (χ1v) is 6.70. The van der Waals surface area contributed by atoms with Crippen LogP contribution in [-0.4, -0.2) is 18.9 Å². The predicted octanol–water partition coefficient (Wildman–Crippen LogP) is 2.93. The molecular formula is C15H23N3. The van der Waals surface area contributed by atoms with Gasteiger partial charge in [0.25, 0.3) is 0 Å². The van der Waals surface area contributed by atoms with Gasteiger partial charge in [0, 0.05) is 25.2 Å². The van der Waals surface area contributed by atoms with E-state index < -0.39 is 0 Å². The maximum absolute atomic E-state index is 7.50. The number of para-hydroxylation sites is 1. The zero-order valence-electron chi connectivity index (χ0n) is 11.4. The Balaban J connectivity index is 2.11. The van der Waals surface area contributed by atoms with Gasteiger partial charge in [-0.25, -0.2) is 0 Å². The third-order valence-electron chi connectivity index (χ3n) is 3.89. The van der Waals surface area contributed by atoms with Gasteiger partial charge in [-0.2, -0.15) is 0 Å². The highest BCUT2D eigenvalue weighted by atomic mass is 15.1. The molecule has 0 unspecified atom stereocenters. The van der Waals surface area contributed by atoms with Crippen molar-refractivity contribution >= 4 is 11.5 Å². The van der Waals surface area contributed by atoms with E-state index in [2.05, 4.69) is 43.0 Å². The van der Waals surface area contributed by atoms with E-state index in [1.165, 1.54) is 24.1 Å². The van der Waals surface area contributed by atoms with Crippen molar-refractivity contribution in [3.63, 3.8) is 0 Å². The van der Waals surface area contributed by atoms with Crippen LogP contribution in [-0.2, 0) is 0 Å². The summed E-state index contributed by atoms with van der Waals surface area (Å²) in [5.41, 5.74) is 8.47. The van der Waals surface area contributed by atoms with Gasteiger partial charge in [0.05, 0.1) is 5.84 Å². The van der Waals surface area contributed by atoms with Gasteiger partial charge in [0.1, 0.15) is 0 Å². The van der Waals surface area contributed by atoms with Gasteiger partial charge in [-0.05, 0) is 43.7 Å². The Kier molecular flexibility index (Phi) is 3.60. The first-order valence-electron chi connectivity index (χ1n) is 6.70. The second-order valence-electron chi connectivity index (χ2n) is 5.50. The van der Waals surface area contributed by atoms with Crippen molar-refractivity contribution < 1.29 is 0 Å². The first-order chi connectivity index (χ1) is 8.56. The smallest absolute Gasteiger partial charge is 0.0911 e. The van der Waals surface area contributed by atoms with Crippen molar-refractivity contribution in [2.45, 2.75) is 33.1 Å². The molecule has 1 aromatic carbocycles. The highest BCUT2D eigenvalue weighted by Gasteiger charge is 2.44. The average Bonchev–Trinajstić information content (AvgIpc) is 3.06. The number of anilines is 1. The molecule has 18 heavy (non-hydrogen) atoms. The number of nitrogens with two attached hydrogens (primary N) is 1. The number of hydrogen-bond acceptors (Lipinski definition) is 2. The second kappa shape index (κ2) is 5.01. The van der Waals surface area contributed by atoms with Crippen molar-refractivity contribution in [1.29, 1.82) is 5.41 Å². The molecule has 1 aliphatic rings. The van der Waals surface area contributed by atoms with Crippen LogP contribution in [0, 0.1) is 17.7 Å². The fourth-order valence-electron chi connectivity index (χ4n) is 2.66. The molecule has 0 aromatic heterocycles. The highest BCUT2D eigenvalue weighted by molar-refractivity contribution is 5.78. The maximum Gasteiger partial charge on any atom is 0.0911 e. The molecule has 0 aliphatic heterocycles. The summed E-state index contributed by atoms with van der Waals surface area (Å²) >= 11 is 0. The van der Waals surface area contributed by atoms with Crippen molar-refractivity contribution in [3.8, 4) is 0 Å². The van der Waals surface area contributed by atoms with Crippen LogP contribution in [0.25, 0.3) is 0 Å². The molecule has 1 aliphatic carbocycles. The zero-order valence-corrected chi connectivity index (χ0v) is 11.4. The van der Waals surface area contributed by atoms with Gasteiger partial charge in [-0.1, -0.05) is 18.2 Å². The molecule has 3 heteroatoms. The van der Waals surface area contributed by atoms with Crippen LogP contribution in [0.1, 0.15) is 31.7 Å². The molecule has 3 nitrogen and oxygen atoms in total. The van der Waals surface area contributed by atoms with E-state index in [0.717, 1.165) is 19.5 Å². The van der Waals surface area contributed by atoms with Crippen LogP contribution in [0.5, 0.6) is 0 Å². The van der Waals surface area contributed by atoms with E-state index in [0.29, 0.717) is 5.84 Å². The Bertz CT molecular complexity index is 435. The summed E-state index contributed by atoms with van der Waals surface area (Å²) in [6.45, 7) is 6.37. The summed E-state index contributed by atoms with van der Waals surface area (Å²) in [5, 5.41) is 7.50. The van der Waals surface area contributed by atoms with Crippen molar-refractivity contribution in [1.82, 2.24) is 0 Å².